The first-order valence-corrected chi connectivity index (χ1v) is 10.8. The summed E-state index contributed by atoms with van der Waals surface area (Å²) in [6.07, 6.45) is 3.54. The van der Waals surface area contributed by atoms with E-state index in [4.69, 9.17) is 0 Å². The SMILES string of the molecule is Cc1ccc(N(C)C2CCCN(C(=O)Nc3cccc(N4CCCC4=O)c3)C2)cc1. The topological polar surface area (TPSA) is 55.9 Å². The molecular formula is C24H30N4O2. The van der Waals surface area contributed by atoms with E-state index in [1.165, 1.54) is 11.3 Å². The van der Waals surface area contributed by atoms with Gasteiger partial charge >= 0.3 is 6.03 Å². The van der Waals surface area contributed by atoms with Crippen LogP contribution >= 0.6 is 0 Å². The van der Waals surface area contributed by atoms with Crippen molar-refractivity contribution in [1.29, 1.82) is 0 Å². The van der Waals surface area contributed by atoms with Crippen LogP contribution in [-0.4, -0.2) is 49.6 Å². The first kappa shape index (κ1) is 20.3. The predicted octanol–water partition coefficient (Wildman–Crippen LogP) is 4.25. The molecule has 2 aromatic carbocycles. The Labute approximate surface area is 178 Å². The maximum atomic E-state index is 12.9. The molecule has 0 saturated carbocycles. The number of likely N-dealkylation sites (tertiary alicyclic amines) is 1. The van der Waals surface area contributed by atoms with Gasteiger partial charge in [0.1, 0.15) is 0 Å². The van der Waals surface area contributed by atoms with Crippen LogP contribution < -0.4 is 15.1 Å². The van der Waals surface area contributed by atoms with E-state index in [-0.39, 0.29) is 11.9 Å². The number of amides is 3. The molecule has 2 aliphatic rings. The number of carbonyl (C=O) groups is 2. The van der Waals surface area contributed by atoms with Crippen LogP contribution in [0.15, 0.2) is 48.5 Å². The number of hydrogen-bond donors (Lipinski definition) is 1. The number of aryl methyl sites for hydroxylation is 1. The second kappa shape index (κ2) is 8.78. The number of benzene rings is 2. The minimum absolute atomic E-state index is 0.0816. The average molecular weight is 407 g/mol. The fourth-order valence-electron chi connectivity index (χ4n) is 4.32. The number of piperidine rings is 1. The summed E-state index contributed by atoms with van der Waals surface area (Å²) in [7, 11) is 2.10. The molecule has 1 unspecified atom stereocenters. The Balaban J connectivity index is 1.40. The summed E-state index contributed by atoms with van der Waals surface area (Å²) in [6, 6.07) is 16.3. The lowest BCUT2D eigenvalue weighted by molar-refractivity contribution is -0.117. The molecule has 3 amide bonds. The third-order valence-electron chi connectivity index (χ3n) is 6.16. The summed E-state index contributed by atoms with van der Waals surface area (Å²) in [6.45, 7) is 4.29. The van der Waals surface area contributed by atoms with Crippen LogP contribution in [0.2, 0.25) is 0 Å². The smallest absolute Gasteiger partial charge is 0.321 e. The zero-order valence-corrected chi connectivity index (χ0v) is 17.8. The number of urea groups is 1. The molecule has 1 atom stereocenters. The molecular weight excluding hydrogens is 376 g/mol. The minimum Gasteiger partial charge on any atom is -0.370 e. The zero-order chi connectivity index (χ0) is 21.1. The molecule has 0 radical (unpaired) electrons. The van der Waals surface area contributed by atoms with E-state index in [0.29, 0.717) is 19.0 Å². The Morgan fingerprint density at radius 2 is 1.90 bits per heavy atom. The predicted molar refractivity (Wildman–Crippen MR) is 121 cm³/mol. The van der Waals surface area contributed by atoms with Crippen molar-refractivity contribution in [2.45, 2.75) is 38.6 Å². The number of rotatable bonds is 4. The molecule has 2 fully saturated rings. The highest BCUT2D eigenvalue weighted by Crippen LogP contribution is 2.26. The third-order valence-corrected chi connectivity index (χ3v) is 6.16. The van der Waals surface area contributed by atoms with Crippen LogP contribution in [0.3, 0.4) is 0 Å². The van der Waals surface area contributed by atoms with Crippen molar-refractivity contribution in [3.05, 3.63) is 54.1 Å². The molecule has 0 aliphatic carbocycles. The van der Waals surface area contributed by atoms with E-state index in [1.54, 1.807) is 4.90 Å². The van der Waals surface area contributed by atoms with E-state index >= 15 is 0 Å². The highest BCUT2D eigenvalue weighted by Gasteiger charge is 2.27. The summed E-state index contributed by atoms with van der Waals surface area (Å²) in [5.74, 6) is 0.150. The van der Waals surface area contributed by atoms with Crippen LogP contribution in [0.4, 0.5) is 21.9 Å². The van der Waals surface area contributed by atoms with Crippen molar-refractivity contribution < 1.29 is 9.59 Å². The van der Waals surface area contributed by atoms with Crippen LogP contribution in [0, 0.1) is 6.92 Å². The summed E-state index contributed by atoms with van der Waals surface area (Å²) >= 11 is 0. The maximum Gasteiger partial charge on any atom is 0.321 e. The van der Waals surface area contributed by atoms with Gasteiger partial charge in [-0.15, -0.1) is 0 Å². The van der Waals surface area contributed by atoms with Gasteiger partial charge in [0.05, 0.1) is 0 Å². The molecule has 0 bridgehead atoms. The second-order valence-corrected chi connectivity index (χ2v) is 8.32. The van der Waals surface area contributed by atoms with Gasteiger partial charge in [-0.05, 0) is 56.5 Å². The Hall–Kier alpha value is -3.02. The lowest BCUT2D eigenvalue weighted by Crippen LogP contribution is -2.50. The van der Waals surface area contributed by atoms with Gasteiger partial charge in [-0.2, -0.15) is 0 Å². The van der Waals surface area contributed by atoms with Crippen molar-refractivity contribution in [3.63, 3.8) is 0 Å². The largest absolute Gasteiger partial charge is 0.370 e. The van der Waals surface area contributed by atoms with Gasteiger partial charge in [-0.25, -0.2) is 4.79 Å². The molecule has 4 rings (SSSR count). The van der Waals surface area contributed by atoms with E-state index in [9.17, 15) is 9.59 Å². The molecule has 2 heterocycles. The van der Waals surface area contributed by atoms with E-state index < -0.39 is 0 Å². The van der Waals surface area contributed by atoms with E-state index in [2.05, 4.69) is 48.5 Å². The number of nitrogens with zero attached hydrogens (tertiary/aromatic N) is 3. The summed E-state index contributed by atoms with van der Waals surface area (Å²) in [5.41, 5.74) is 4.00. The highest BCUT2D eigenvalue weighted by atomic mass is 16.2. The van der Waals surface area contributed by atoms with E-state index in [0.717, 1.165) is 43.7 Å². The molecule has 0 aromatic heterocycles. The van der Waals surface area contributed by atoms with Gasteiger partial charge in [0.25, 0.3) is 0 Å². The lowest BCUT2D eigenvalue weighted by Gasteiger charge is -2.38. The number of likely N-dealkylation sites (N-methyl/N-ethyl adjacent to an activating group) is 1. The van der Waals surface area contributed by atoms with Gasteiger partial charge in [0.15, 0.2) is 0 Å². The summed E-state index contributed by atoms with van der Waals surface area (Å²) in [4.78, 5) is 30.9. The number of anilines is 3. The Bertz CT molecular complexity index is 912. The molecule has 2 saturated heterocycles. The fourth-order valence-corrected chi connectivity index (χ4v) is 4.32. The van der Waals surface area contributed by atoms with Crippen molar-refractivity contribution in [2.75, 3.05) is 41.8 Å². The van der Waals surface area contributed by atoms with Gasteiger partial charge < -0.3 is 20.0 Å². The fraction of sp³-hybridized carbons (Fsp3) is 0.417. The minimum atomic E-state index is -0.0816. The third kappa shape index (κ3) is 4.42. The first-order chi connectivity index (χ1) is 14.5. The lowest BCUT2D eigenvalue weighted by atomic mass is 10.0. The molecule has 2 aromatic rings. The van der Waals surface area contributed by atoms with Crippen molar-refractivity contribution in [3.8, 4) is 0 Å². The highest BCUT2D eigenvalue weighted by molar-refractivity contribution is 5.96. The molecule has 2 aliphatic heterocycles. The zero-order valence-electron chi connectivity index (χ0n) is 17.8. The number of hydrogen-bond acceptors (Lipinski definition) is 3. The molecule has 158 valence electrons. The first-order valence-electron chi connectivity index (χ1n) is 10.8. The Kier molecular flexibility index (Phi) is 5.93. The van der Waals surface area contributed by atoms with Crippen LogP contribution in [-0.2, 0) is 4.79 Å². The number of nitrogens with one attached hydrogen (secondary N) is 1. The molecule has 6 nitrogen and oxygen atoms in total. The normalized spacial score (nSPS) is 19.1. The Morgan fingerprint density at radius 3 is 2.63 bits per heavy atom. The second-order valence-electron chi connectivity index (χ2n) is 8.32. The van der Waals surface area contributed by atoms with E-state index in [1.807, 2.05) is 29.2 Å². The number of carbonyl (C=O) groups excluding carboxylic acids is 2. The van der Waals surface area contributed by atoms with Crippen molar-refractivity contribution >= 4 is 29.0 Å². The van der Waals surface area contributed by atoms with Gasteiger partial charge in [-0.3, -0.25) is 4.79 Å². The molecule has 30 heavy (non-hydrogen) atoms. The summed E-state index contributed by atoms with van der Waals surface area (Å²) < 4.78 is 0. The van der Waals surface area contributed by atoms with Crippen LogP contribution in [0.5, 0.6) is 0 Å². The van der Waals surface area contributed by atoms with Gasteiger partial charge in [0.2, 0.25) is 5.91 Å². The van der Waals surface area contributed by atoms with Crippen molar-refractivity contribution in [2.24, 2.45) is 0 Å². The standard InChI is InChI=1S/C24H30N4O2/c1-18-10-12-20(13-11-18)26(2)22-8-4-14-27(17-22)24(30)25-19-6-3-7-21(16-19)28-15-5-9-23(28)29/h3,6-7,10-13,16,22H,4-5,8-9,14-15,17H2,1-2H3,(H,25,30). The average Bonchev–Trinajstić information content (AvgIpc) is 3.20. The van der Waals surface area contributed by atoms with Gasteiger partial charge in [-0.1, -0.05) is 23.8 Å². The monoisotopic (exact) mass is 406 g/mol. The molecule has 0 spiro atoms. The maximum absolute atomic E-state index is 12.9. The Morgan fingerprint density at radius 1 is 1.10 bits per heavy atom. The molecule has 6 heteroatoms. The molecule has 1 N–H and O–H groups in total. The quantitative estimate of drug-likeness (QED) is 0.826. The van der Waals surface area contributed by atoms with Crippen LogP contribution in [0.1, 0.15) is 31.2 Å². The summed E-state index contributed by atoms with van der Waals surface area (Å²) in [5, 5.41) is 3.03. The van der Waals surface area contributed by atoms with Gasteiger partial charge in [0, 0.05) is 56.2 Å². The van der Waals surface area contributed by atoms with Crippen molar-refractivity contribution in [1.82, 2.24) is 4.90 Å². The van der Waals surface area contributed by atoms with Crippen LogP contribution in [0.25, 0.3) is 0 Å².